The van der Waals surface area contributed by atoms with Crippen molar-refractivity contribution in [3.63, 3.8) is 0 Å². The Bertz CT molecular complexity index is 911. The molecule has 0 fully saturated rings. The van der Waals surface area contributed by atoms with Crippen molar-refractivity contribution in [1.82, 2.24) is 20.2 Å². The van der Waals surface area contributed by atoms with Gasteiger partial charge in [-0.25, -0.2) is 9.78 Å². The summed E-state index contributed by atoms with van der Waals surface area (Å²) in [7, 11) is 2.60. The highest BCUT2D eigenvalue weighted by Gasteiger charge is 2.21. The maximum absolute atomic E-state index is 12.7. The molecule has 138 valence electrons. The van der Waals surface area contributed by atoms with Crippen molar-refractivity contribution in [2.45, 2.75) is 23.9 Å². The molecule has 1 aromatic carbocycles. The summed E-state index contributed by atoms with van der Waals surface area (Å²) >= 11 is 0.964. The number of nitrogens with zero attached hydrogens (tertiary/aromatic N) is 2. The molecule has 9 nitrogen and oxygen atoms in total. The van der Waals surface area contributed by atoms with Crippen LogP contribution in [0.15, 0.2) is 34.2 Å². The Balaban J connectivity index is 2.42. The van der Waals surface area contributed by atoms with Gasteiger partial charge in [0.25, 0.3) is 5.56 Å². The number of rotatable bonds is 5. The predicted molar refractivity (Wildman–Crippen MR) is 95.9 cm³/mol. The highest BCUT2D eigenvalue weighted by Crippen LogP contribution is 2.22. The summed E-state index contributed by atoms with van der Waals surface area (Å²) in [5, 5.41) is 4.23. The Labute approximate surface area is 153 Å². The van der Waals surface area contributed by atoms with E-state index in [-0.39, 0.29) is 11.7 Å². The topological polar surface area (TPSA) is 119 Å². The van der Waals surface area contributed by atoms with E-state index < -0.39 is 28.7 Å². The molecule has 1 heterocycles. The van der Waals surface area contributed by atoms with Crippen molar-refractivity contribution in [2.75, 3.05) is 14.2 Å². The van der Waals surface area contributed by atoms with Gasteiger partial charge in [0.15, 0.2) is 5.16 Å². The largest absolute Gasteiger partial charge is 0.468 e. The zero-order chi connectivity index (χ0) is 19.3. The fraction of sp³-hybridized carbons (Fsp3) is 0.312. The highest BCUT2D eigenvalue weighted by molar-refractivity contribution is 8.00. The number of hydrogen-bond donors (Lipinski definition) is 2. The van der Waals surface area contributed by atoms with Gasteiger partial charge in [0, 0.05) is 7.05 Å². The second-order valence-electron chi connectivity index (χ2n) is 5.21. The third-order valence-corrected chi connectivity index (χ3v) is 4.55. The molecule has 0 aliphatic carbocycles. The van der Waals surface area contributed by atoms with E-state index in [1.807, 2.05) is 0 Å². The summed E-state index contributed by atoms with van der Waals surface area (Å²) in [4.78, 5) is 52.1. The number of thioether (sulfide) groups is 1. The van der Waals surface area contributed by atoms with Crippen LogP contribution in [0.1, 0.15) is 6.92 Å². The van der Waals surface area contributed by atoms with Gasteiger partial charge in [0.2, 0.25) is 5.91 Å². The van der Waals surface area contributed by atoms with Gasteiger partial charge in [-0.3, -0.25) is 24.3 Å². The van der Waals surface area contributed by atoms with Crippen molar-refractivity contribution in [3.05, 3.63) is 34.6 Å². The van der Waals surface area contributed by atoms with E-state index in [2.05, 4.69) is 20.4 Å². The number of amides is 3. The van der Waals surface area contributed by atoms with Crippen LogP contribution in [0, 0.1) is 0 Å². The van der Waals surface area contributed by atoms with Crippen LogP contribution in [0.3, 0.4) is 0 Å². The van der Waals surface area contributed by atoms with Gasteiger partial charge < -0.3 is 10.1 Å². The number of methoxy groups -OCH3 is 1. The average molecular weight is 378 g/mol. The van der Waals surface area contributed by atoms with Gasteiger partial charge in [-0.15, -0.1) is 0 Å². The normalized spacial score (nSPS) is 11.7. The number of esters is 1. The number of carbonyl (C=O) groups is 3. The fourth-order valence-corrected chi connectivity index (χ4v) is 2.97. The van der Waals surface area contributed by atoms with E-state index in [0.29, 0.717) is 10.9 Å². The molecule has 26 heavy (non-hydrogen) atoms. The second-order valence-corrected chi connectivity index (χ2v) is 6.52. The Hall–Kier alpha value is -2.88. The number of aromatic nitrogens is 2. The number of ether oxygens (including phenoxy) is 1. The second kappa shape index (κ2) is 8.48. The lowest BCUT2D eigenvalue weighted by Gasteiger charge is -2.15. The van der Waals surface area contributed by atoms with Crippen LogP contribution in [0.2, 0.25) is 0 Å². The number of benzene rings is 1. The molecular weight excluding hydrogens is 360 g/mol. The van der Waals surface area contributed by atoms with Gasteiger partial charge in [-0.2, -0.15) is 0 Å². The van der Waals surface area contributed by atoms with Gasteiger partial charge in [-0.05, 0) is 19.1 Å². The third kappa shape index (κ3) is 4.39. The minimum atomic E-state index is -0.732. The number of imide groups is 1. The number of fused-ring (bicyclic) bond motifs is 1. The lowest BCUT2D eigenvalue weighted by molar-refractivity contribution is -0.141. The zero-order valence-electron chi connectivity index (χ0n) is 14.4. The molecule has 2 rings (SSSR count). The zero-order valence-corrected chi connectivity index (χ0v) is 15.3. The molecule has 0 spiro atoms. The number of para-hydroxylation sites is 1. The van der Waals surface area contributed by atoms with Crippen LogP contribution >= 0.6 is 11.8 Å². The monoisotopic (exact) mass is 378 g/mol. The van der Waals surface area contributed by atoms with Gasteiger partial charge in [0.1, 0.15) is 6.54 Å². The van der Waals surface area contributed by atoms with Gasteiger partial charge in [0.05, 0.1) is 23.3 Å². The standard InChI is InChI=1S/C16H18N4O5S/c1-9(13(22)19-15(24)17-2)26-16-18-11-7-5-4-6-10(11)14(23)20(16)8-12(21)25-3/h4-7,9H,8H2,1-3H3,(H2,17,19,22,24)/t9-/m0/s1. The number of urea groups is 1. The molecular formula is C16H18N4O5S. The van der Waals surface area contributed by atoms with Crippen LogP contribution in [-0.2, 0) is 20.9 Å². The minimum absolute atomic E-state index is 0.179. The molecule has 0 aliphatic rings. The SMILES string of the molecule is CNC(=O)NC(=O)[C@H](C)Sc1nc2ccccc2c(=O)n1CC(=O)OC. The van der Waals surface area contributed by atoms with Crippen molar-refractivity contribution in [3.8, 4) is 0 Å². The minimum Gasteiger partial charge on any atom is -0.468 e. The van der Waals surface area contributed by atoms with Crippen LogP contribution < -0.4 is 16.2 Å². The molecule has 1 atom stereocenters. The average Bonchev–Trinajstić information content (AvgIpc) is 2.64. The smallest absolute Gasteiger partial charge is 0.325 e. The molecule has 0 bridgehead atoms. The fourth-order valence-electron chi connectivity index (χ4n) is 2.06. The Morgan fingerprint density at radius 2 is 2.00 bits per heavy atom. The number of nitrogens with one attached hydrogen (secondary N) is 2. The summed E-state index contributed by atoms with van der Waals surface area (Å²) in [6, 6.07) is 6.06. The van der Waals surface area contributed by atoms with E-state index in [0.717, 1.165) is 16.3 Å². The van der Waals surface area contributed by atoms with Crippen LogP contribution in [-0.4, -0.2) is 46.9 Å². The van der Waals surface area contributed by atoms with E-state index in [4.69, 9.17) is 0 Å². The highest BCUT2D eigenvalue weighted by atomic mass is 32.2. The molecule has 2 aromatic rings. The lowest BCUT2D eigenvalue weighted by Crippen LogP contribution is -2.41. The Morgan fingerprint density at radius 3 is 2.65 bits per heavy atom. The molecule has 0 saturated heterocycles. The van der Waals surface area contributed by atoms with Gasteiger partial charge in [-0.1, -0.05) is 23.9 Å². The summed E-state index contributed by atoms with van der Waals surface area (Å²) in [6.07, 6.45) is 0. The summed E-state index contributed by atoms with van der Waals surface area (Å²) in [6.45, 7) is 1.23. The number of hydrogen-bond acceptors (Lipinski definition) is 7. The first-order valence-corrected chi connectivity index (χ1v) is 8.51. The first kappa shape index (κ1) is 19.4. The molecule has 10 heteroatoms. The maximum atomic E-state index is 12.7. The molecule has 0 unspecified atom stereocenters. The lowest BCUT2D eigenvalue weighted by atomic mass is 10.2. The molecule has 0 saturated carbocycles. The summed E-state index contributed by atoms with van der Waals surface area (Å²) in [5.74, 6) is -1.17. The van der Waals surface area contributed by atoms with E-state index >= 15 is 0 Å². The van der Waals surface area contributed by atoms with Crippen LogP contribution in [0.25, 0.3) is 10.9 Å². The predicted octanol–water partition coefficient (Wildman–Crippen LogP) is 0.506. The van der Waals surface area contributed by atoms with Crippen LogP contribution in [0.4, 0.5) is 4.79 Å². The summed E-state index contributed by atoms with van der Waals surface area (Å²) in [5.41, 5.74) is 0.0300. The van der Waals surface area contributed by atoms with Gasteiger partial charge >= 0.3 is 12.0 Å². The Morgan fingerprint density at radius 1 is 1.31 bits per heavy atom. The number of carbonyl (C=O) groups excluding carboxylic acids is 3. The Kier molecular flexibility index (Phi) is 6.34. The van der Waals surface area contributed by atoms with Crippen molar-refractivity contribution in [2.24, 2.45) is 0 Å². The van der Waals surface area contributed by atoms with Crippen molar-refractivity contribution < 1.29 is 19.1 Å². The van der Waals surface area contributed by atoms with E-state index in [1.54, 1.807) is 31.2 Å². The molecule has 0 radical (unpaired) electrons. The molecule has 2 N–H and O–H groups in total. The van der Waals surface area contributed by atoms with E-state index in [9.17, 15) is 19.2 Å². The summed E-state index contributed by atoms with van der Waals surface area (Å²) < 4.78 is 5.78. The molecule has 1 aromatic heterocycles. The molecule has 0 aliphatic heterocycles. The first-order valence-electron chi connectivity index (χ1n) is 7.63. The molecule has 3 amide bonds. The maximum Gasteiger partial charge on any atom is 0.325 e. The first-order chi connectivity index (χ1) is 12.4. The van der Waals surface area contributed by atoms with Crippen molar-refractivity contribution >= 4 is 40.6 Å². The van der Waals surface area contributed by atoms with E-state index in [1.165, 1.54) is 14.2 Å². The van der Waals surface area contributed by atoms with Crippen molar-refractivity contribution in [1.29, 1.82) is 0 Å². The quantitative estimate of drug-likeness (QED) is 0.442. The van der Waals surface area contributed by atoms with Crippen LogP contribution in [0.5, 0.6) is 0 Å². The third-order valence-electron chi connectivity index (χ3n) is 3.46.